The van der Waals surface area contributed by atoms with Crippen LogP contribution in [0.5, 0.6) is 5.75 Å². The molecule has 0 bridgehead atoms. The zero-order chi connectivity index (χ0) is 18.2. The van der Waals surface area contributed by atoms with Gasteiger partial charge in [0.25, 0.3) is 0 Å². The SMILES string of the molecule is O=C(Oc1ccc(C=NNCc2ccccc2)cc1)c1ccc(F)cc1. The van der Waals surface area contributed by atoms with Crippen molar-refractivity contribution in [2.45, 2.75) is 6.54 Å². The Bertz CT molecular complexity index is 876. The Morgan fingerprint density at radius 2 is 1.65 bits per heavy atom. The fourth-order valence-corrected chi connectivity index (χ4v) is 2.23. The van der Waals surface area contributed by atoms with Gasteiger partial charge in [-0.2, -0.15) is 5.10 Å². The predicted octanol–water partition coefficient (Wildman–Crippen LogP) is 4.17. The largest absolute Gasteiger partial charge is 0.423 e. The zero-order valence-electron chi connectivity index (χ0n) is 13.9. The van der Waals surface area contributed by atoms with Crippen LogP contribution in [0.2, 0.25) is 0 Å². The number of ether oxygens (including phenoxy) is 1. The Hall–Kier alpha value is -3.47. The third-order valence-corrected chi connectivity index (χ3v) is 3.60. The minimum atomic E-state index is -0.532. The monoisotopic (exact) mass is 348 g/mol. The van der Waals surface area contributed by atoms with E-state index in [2.05, 4.69) is 10.5 Å². The minimum absolute atomic E-state index is 0.294. The summed E-state index contributed by atoms with van der Waals surface area (Å²) in [6.07, 6.45) is 1.69. The summed E-state index contributed by atoms with van der Waals surface area (Å²) in [5.74, 6) is -0.518. The molecule has 0 spiro atoms. The molecule has 0 aliphatic carbocycles. The number of nitrogens with zero attached hydrogens (tertiary/aromatic N) is 1. The van der Waals surface area contributed by atoms with Gasteiger partial charge in [-0.1, -0.05) is 30.3 Å². The van der Waals surface area contributed by atoms with E-state index in [1.54, 1.807) is 30.5 Å². The zero-order valence-corrected chi connectivity index (χ0v) is 13.9. The van der Waals surface area contributed by atoms with Gasteiger partial charge in [0.05, 0.1) is 18.3 Å². The number of hydrogen-bond donors (Lipinski definition) is 1. The van der Waals surface area contributed by atoms with E-state index in [-0.39, 0.29) is 0 Å². The van der Waals surface area contributed by atoms with Crippen molar-refractivity contribution in [2.24, 2.45) is 5.10 Å². The van der Waals surface area contributed by atoms with Crippen molar-refractivity contribution >= 4 is 12.2 Å². The van der Waals surface area contributed by atoms with E-state index >= 15 is 0 Å². The first kappa shape index (κ1) is 17.4. The molecular weight excluding hydrogens is 331 g/mol. The van der Waals surface area contributed by atoms with Gasteiger partial charge in [0.1, 0.15) is 11.6 Å². The van der Waals surface area contributed by atoms with Crippen LogP contribution in [0.1, 0.15) is 21.5 Å². The molecular formula is C21H17FN2O2. The second-order valence-corrected chi connectivity index (χ2v) is 5.54. The normalized spacial score (nSPS) is 10.7. The molecule has 130 valence electrons. The van der Waals surface area contributed by atoms with Crippen LogP contribution in [-0.2, 0) is 6.54 Å². The topological polar surface area (TPSA) is 50.7 Å². The summed E-state index contributed by atoms with van der Waals surface area (Å²) in [6.45, 7) is 0.644. The van der Waals surface area contributed by atoms with Gasteiger partial charge >= 0.3 is 5.97 Å². The molecule has 0 saturated heterocycles. The molecule has 0 saturated carbocycles. The molecule has 26 heavy (non-hydrogen) atoms. The summed E-state index contributed by atoms with van der Waals surface area (Å²) in [4.78, 5) is 12.0. The van der Waals surface area contributed by atoms with E-state index < -0.39 is 11.8 Å². The highest BCUT2D eigenvalue weighted by Crippen LogP contribution is 2.14. The Morgan fingerprint density at radius 1 is 0.962 bits per heavy atom. The molecule has 3 aromatic rings. The lowest BCUT2D eigenvalue weighted by Gasteiger charge is -2.04. The standard InChI is InChI=1S/C21H17FN2O2/c22-19-10-8-18(9-11-19)21(25)26-20-12-6-17(7-13-20)15-24-23-14-16-4-2-1-3-5-16/h1-13,15,23H,14H2. The van der Waals surface area contributed by atoms with Crippen LogP contribution >= 0.6 is 0 Å². The van der Waals surface area contributed by atoms with Crippen LogP contribution in [0.3, 0.4) is 0 Å². The second kappa shape index (κ2) is 8.58. The molecule has 0 aliphatic heterocycles. The van der Waals surface area contributed by atoms with Crippen LogP contribution in [0.25, 0.3) is 0 Å². The van der Waals surface area contributed by atoms with Gasteiger partial charge in [-0.25, -0.2) is 9.18 Å². The predicted molar refractivity (Wildman–Crippen MR) is 98.7 cm³/mol. The van der Waals surface area contributed by atoms with Crippen LogP contribution in [0.4, 0.5) is 4.39 Å². The molecule has 5 heteroatoms. The number of halogens is 1. The third kappa shape index (κ3) is 5.01. The summed E-state index contributed by atoms with van der Waals surface area (Å²) in [6, 6.07) is 22.1. The molecule has 0 atom stereocenters. The first-order chi connectivity index (χ1) is 12.7. The Balaban J connectivity index is 1.52. The second-order valence-electron chi connectivity index (χ2n) is 5.54. The Kier molecular flexibility index (Phi) is 5.72. The number of carbonyl (C=O) groups excluding carboxylic acids is 1. The van der Waals surface area contributed by atoms with Crippen LogP contribution in [-0.4, -0.2) is 12.2 Å². The molecule has 0 amide bonds. The Labute approximate surface area is 150 Å². The minimum Gasteiger partial charge on any atom is -0.423 e. The van der Waals surface area contributed by atoms with E-state index in [0.29, 0.717) is 17.9 Å². The number of hydrazone groups is 1. The summed E-state index contributed by atoms with van der Waals surface area (Å²) in [5.41, 5.74) is 5.28. The lowest BCUT2D eigenvalue weighted by Crippen LogP contribution is -2.08. The Morgan fingerprint density at radius 3 is 2.35 bits per heavy atom. The molecule has 0 aromatic heterocycles. The number of hydrogen-bond acceptors (Lipinski definition) is 4. The molecule has 3 aromatic carbocycles. The van der Waals surface area contributed by atoms with E-state index in [4.69, 9.17) is 4.74 Å². The molecule has 3 rings (SSSR count). The summed E-state index contributed by atoms with van der Waals surface area (Å²) in [5, 5.41) is 4.17. The van der Waals surface area contributed by atoms with Gasteiger partial charge in [-0.05, 0) is 59.7 Å². The summed E-state index contributed by atoms with van der Waals surface area (Å²) in [7, 11) is 0. The van der Waals surface area contributed by atoms with Crippen molar-refractivity contribution in [1.82, 2.24) is 5.43 Å². The van der Waals surface area contributed by atoms with E-state index in [1.807, 2.05) is 30.3 Å². The highest BCUT2D eigenvalue weighted by Gasteiger charge is 2.08. The van der Waals surface area contributed by atoms with Gasteiger partial charge in [0.2, 0.25) is 0 Å². The summed E-state index contributed by atoms with van der Waals surface area (Å²) < 4.78 is 18.1. The third-order valence-electron chi connectivity index (χ3n) is 3.60. The number of carbonyl (C=O) groups is 1. The van der Waals surface area contributed by atoms with Gasteiger partial charge in [0.15, 0.2) is 0 Å². The van der Waals surface area contributed by atoms with Gasteiger partial charge < -0.3 is 10.2 Å². The number of nitrogens with one attached hydrogen (secondary N) is 1. The molecule has 0 unspecified atom stereocenters. The van der Waals surface area contributed by atoms with Crippen molar-refractivity contribution in [2.75, 3.05) is 0 Å². The summed E-state index contributed by atoms with van der Waals surface area (Å²) >= 11 is 0. The molecule has 0 fully saturated rings. The number of benzene rings is 3. The average molecular weight is 348 g/mol. The lowest BCUT2D eigenvalue weighted by atomic mass is 10.2. The lowest BCUT2D eigenvalue weighted by molar-refractivity contribution is 0.0734. The van der Waals surface area contributed by atoms with Crippen molar-refractivity contribution in [3.63, 3.8) is 0 Å². The van der Waals surface area contributed by atoms with Crippen LogP contribution < -0.4 is 10.2 Å². The molecule has 0 aliphatic rings. The van der Waals surface area contributed by atoms with Gasteiger partial charge in [-0.3, -0.25) is 0 Å². The molecule has 0 radical (unpaired) electrons. The first-order valence-corrected chi connectivity index (χ1v) is 8.08. The van der Waals surface area contributed by atoms with Crippen LogP contribution in [0.15, 0.2) is 84.0 Å². The van der Waals surface area contributed by atoms with Crippen molar-refractivity contribution in [3.8, 4) is 5.75 Å². The fourth-order valence-electron chi connectivity index (χ4n) is 2.23. The first-order valence-electron chi connectivity index (χ1n) is 8.08. The van der Waals surface area contributed by atoms with Crippen molar-refractivity contribution in [3.05, 3.63) is 101 Å². The highest BCUT2D eigenvalue weighted by atomic mass is 19.1. The number of esters is 1. The van der Waals surface area contributed by atoms with E-state index in [0.717, 1.165) is 11.1 Å². The molecule has 4 nitrogen and oxygen atoms in total. The highest BCUT2D eigenvalue weighted by molar-refractivity contribution is 5.91. The van der Waals surface area contributed by atoms with Gasteiger partial charge in [0, 0.05) is 0 Å². The maximum atomic E-state index is 12.9. The molecule has 1 N–H and O–H groups in total. The van der Waals surface area contributed by atoms with E-state index in [1.165, 1.54) is 24.3 Å². The van der Waals surface area contributed by atoms with Gasteiger partial charge in [-0.15, -0.1) is 0 Å². The van der Waals surface area contributed by atoms with E-state index in [9.17, 15) is 9.18 Å². The maximum Gasteiger partial charge on any atom is 0.343 e. The average Bonchev–Trinajstić information content (AvgIpc) is 2.68. The van der Waals surface area contributed by atoms with Crippen LogP contribution in [0, 0.1) is 5.82 Å². The number of rotatable bonds is 6. The fraction of sp³-hybridized carbons (Fsp3) is 0.0476. The van der Waals surface area contributed by atoms with Crippen molar-refractivity contribution < 1.29 is 13.9 Å². The van der Waals surface area contributed by atoms with Crippen molar-refractivity contribution in [1.29, 1.82) is 0 Å². The maximum absolute atomic E-state index is 12.9. The smallest absolute Gasteiger partial charge is 0.343 e. The quantitative estimate of drug-likeness (QED) is 0.315. The molecule has 0 heterocycles.